The van der Waals surface area contributed by atoms with Gasteiger partial charge in [-0.1, -0.05) is 13.8 Å². The van der Waals surface area contributed by atoms with Gasteiger partial charge in [-0.05, 0) is 61.4 Å². The highest BCUT2D eigenvalue weighted by Gasteiger charge is 2.32. The summed E-state index contributed by atoms with van der Waals surface area (Å²) >= 11 is 0. The van der Waals surface area contributed by atoms with Gasteiger partial charge in [0.05, 0.1) is 13.2 Å². The fourth-order valence-electron chi connectivity index (χ4n) is 2.87. The van der Waals surface area contributed by atoms with Crippen LogP contribution in [-0.4, -0.2) is 24.3 Å². The Labute approximate surface area is 122 Å². The summed E-state index contributed by atoms with van der Waals surface area (Å²) in [5, 5.41) is 14.4. The summed E-state index contributed by atoms with van der Waals surface area (Å²) < 4.78 is 5.30. The fourth-order valence-corrected chi connectivity index (χ4v) is 2.87. The third kappa shape index (κ3) is 3.33. The lowest BCUT2D eigenvalue weighted by Crippen LogP contribution is -2.41. The second-order valence-electron chi connectivity index (χ2n) is 6.33. The molecule has 1 fully saturated rings. The molecule has 2 atom stereocenters. The number of rotatable bonds is 6. The molecule has 1 saturated carbocycles. The third-order valence-corrected chi connectivity index (χ3v) is 4.16. The number of aliphatic hydroxyl groups is 1. The maximum atomic E-state index is 10.8. The molecule has 1 aromatic rings. The molecule has 0 saturated heterocycles. The van der Waals surface area contributed by atoms with Crippen LogP contribution in [0, 0.1) is 19.8 Å². The van der Waals surface area contributed by atoms with Crippen LogP contribution in [0.4, 0.5) is 0 Å². The van der Waals surface area contributed by atoms with Gasteiger partial charge in [0.15, 0.2) is 0 Å². The van der Waals surface area contributed by atoms with E-state index in [4.69, 9.17) is 4.74 Å². The maximum absolute atomic E-state index is 10.8. The minimum Gasteiger partial charge on any atom is -0.497 e. The first-order valence-corrected chi connectivity index (χ1v) is 7.53. The number of nitrogens with one attached hydrogen (secondary N) is 1. The quantitative estimate of drug-likeness (QED) is 0.839. The minimum absolute atomic E-state index is 0.105. The fraction of sp³-hybridized carbons (Fsp3) is 0.647. The Balaban J connectivity index is 2.27. The van der Waals surface area contributed by atoms with Crippen LogP contribution in [-0.2, 0) is 0 Å². The molecule has 2 rings (SSSR count). The summed E-state index contributed by atoms with van der Waals surface area (Å²) in [5.74, 6) is 1.25. The van der Waals surface area contributed by atoms with Crippen molar-refractivity contribution >= 4 is 0 Å². The van der Waals surface area contributed by atoms with Crippen LogP contribution in [0.1, 0.15) is 49.5 Å². The molecular formula is C17H27NO2. The average molecular weight is 277 g/mol. The molecule has 0 spiro atoms. The van der Waals surface area contributed by atoms with Crippen molar-refractivity contribution in [2.45, 2.75) is 58.7 Å². The zero-order valence-electron chi connectivity index (χ0n) is 13.2. The van der Waals surface area contributed by atoms with Crippen LogP contribution >= 0.6 is 0 Å². The summed E-state index contributed by atoms with van der Waals surface area (Å²) in [6.45, 7) is 8.42. The number of ether oxygens (including phenoxy) is 1. The van der Waals surface area contributed by atoms with Crippen molar-refractivity contribution in [2.24, 2.45) is 5.92 Å². The summed E-state index contributed by atoms with van der Waals surface area (Å²) in [5.41, 5.74) is 3.23. The standard InChI is InChI=1S/C17H27NO2/c1-10(2)16(18-13-6-7-13)17(19)15-11(3)8-14(20-5)9-12(15)4/h8-10,13,16-19H,6-7H2,1-5H3. The number of hydrogen-bond acceptors (Lipinski definition) is 3. The number of methoxy groups -OCH3 is 1. The lowest BCUT2D eigenvalue weighted by molar-refractivity contribution is 0.103. The van der Waals surface area contributed by atoms with Crippen molar-refractivity contribution in [3.05, 3.63) is 28.8 Å². The largest absolute Gasteiger partial charge is 0.497 e. The molecule has 0 aromatic heterocycles. The van der Waals surface area contributed by atoms with Gasteiger partial charge in [0.1, 0.15) is 5.75 Å². The lowest BCUT2D eigenvalue weighted by Gasteiger charge is -2.30. The molecule has 2 N–H and O–H groups in total. The Morgan fingerprint density at radius 2 is 1.75 bits per heavy atom. The summed E-state index contributed by atoms with van der Waals surface area (Å²) in [6, 6.07) is 4.70. The molecule has 1 aliphatic rings. The number of aliphatic hydroxyl groups excluding tert-OH is 1. The Hall–Kier alpha value is -1.06. The van der Waals surface area contributed by atoms with Gasteiger partial charge in [0.2, 0.25) is 0 Å². The Bertz CT molecular complexity index is 443. The van der Waals surface area contributed by atoms with Crippen LogP contribution in [0.25, 0.3) is 0 Å². The van der Waals surface area contributed by atoms with Crippen LogP contribution in [0.15, 0.2) is 12.1 Å². The highest BCUT2D eigenvalue weighted by Crippen LogP contribution is 2.32. The van der Waals surface area contributed by atoms with Gasteiger partial charge in [0, 0.05) is 12.1 Å². The van der Waals surface area contributed by atoms with E-state index in [2.05, 4.69) is 19.2 Å². The monoisotopic (exact) mass is 277 g/mol. The second-order valence-corrected chi connectivity index (χ2v) is 6.33. The predicted octanol–water partition coefficient (Wildman–Crippen LogP) is 3.12. The second kappa shape index (κ2) is 6.15. The highest BCUT2D eigenvalue weighted by atomic mass is 16.5. The van der Waals surface area contributed by atoms with Crippen LogP contribution < -0.4 is 10.1 Å². The maximum Gasteiger partial charge on any atom is 0.119 e. The molecule has 0 bridgehead atoms. The molecule has 2 unspecified atom stereocenters. The zero-order chi connectivity index (χ0) is 14.9. The lowest BCUT2D eigenvalue weighted by atomic mass is 9.88. The normalized spacial score (nSPS) is 18.1. The topological polar surface area (TPSA) is 41.5 Å². The van der Waals surface area contributed by atoms with Crippen LogP contribution in [0.2, 0.25) is 0 Å². The van der Waals surface area contributed by atoms with Gasteiger partial charge in [0.25, 0.3) is 0 Å². The molecule has 0 amide bonds. The van der Waals surface area contributed by atoms with Gasteiger partial charge in [-0.3, -0.25) is 0 Å². The molecule has 20 heavy (non-hydrogen) atoms. The van der Waals surface area contributed by atoms with Gasteiger partial charge in [-0.15, -0.1) is 0 Å². The van der Waals surface area contributed by atoms with Crippen molar-refractivity contribution in [2.75, 3.05) is 7.11 Å². The van der Waals surface area contributed by atoms with Crippen LogP contribution in [0.5, 0.6) is 5.75 Å². The molecule has 0 radical (unpaired) electrons. The van der Waals surface area contributed by atoms with E-state index in [9.17, 15) is 5.11 Å². The Morgan fingerprint density at radius 1 is 1.20 bits per heavy atom. The molecule has 3 nitrogen and oxygen atoms in total. The molecule has 1 aliphatic carbocycles. The van der Waals surface area contributed by atoms with E-state index in [1.54, 1.807) is 7.11 Å². The van der Waals surface area contributed by atoms with E-state index in [0.29, 0.717) is 12.0 Å². The summed E-state index contributed by atoms with van der Waals surface area (Å²) in [7, 11) is 1.68. The van der Waals surface area contributed by atoms with E-state index >= 15 is 0 Å². The summed E-state index contributed by atoms with van der Waals surface area (Å²) in [6.07, 6.45) is 1.99. The van der Waals surface area contributed by atoms with Gasteiger partial charge in [-0.2, -0.15) is 0 Å². The molecule has 3 heteroatoms. The van der Waals surface area contributed by atoms with E-state index < -0.39 is 6.10 Å². The number of benzene rings is 1. The molecular weight excluding hydrogens is 250 g/mol. The van der Waals surface area contributed by atoms with Crippen molar-refractivity contribution in [1.29, 1.82) is 0 Å². The molecule has 0 aliphatic heterocycles. The van der Waals surface area contributed by atoms with Crippen molar-refractivity contribution in [1.82, 2.24) is 5.32 Å². The van der Waals surface area contributed by atoms with Crippen molar-refractivity contribution < 1.29 is 9.84 Å². The minimum atomic E-state index is -0.471. The number of aryl methyl sites for hydroxylation is 2. The first kappa shape index (κ1) is 15.3. The van der Waals surface area contributed by atoms with E-state index in [1.807, 2.05) is 26.0 Å². The van der Waals surface area contributed by atoms with Gasteiger partial charge >= 0.3 is 0 Å². The van der Waals surface area contributed by atoms with E-state index in [1.165, 1.54) is 12.8 Å². The molecule has 0 heterocycles. The average Bonchev–Trinajstić information content (AvgIpc) is 3.18. The van der Waals surface area contributed by atoms with E-state index in [0.717, 1.165) is 22.4 Å². The Kier molecular flexibility index (Phi) is 4.71. The SMILES string of the molecule is COc1cc(C)c(C(O)C(NC2CC2)C(C)C)c(C)c1. The number of hydrogen-bond donors (Lipinski definition) is 2. The Morgan fingerprint density at radius 3 is 2.15 bits per heavy atom. The first-order valence-electron chi connectivity index (χ1n) is 7.53. The first-order chi connectivity index (χ1) is 9.43. The predicted molar refractivity (Wildman–Crippen MR) is 82.2 cm³/mol. The van der Waals surface area contributed by atoms with Gasteiger partial charge < -0.3 is 15.2 Å². The summed E-state index contributed by atoms with van der Waals surface area (Å²) in [4.78, 5) is 0. The molecule has 112 valence electrons. The van der Waals surface area contributed by atoms with Crippen molar-refractivity contribution in [3.8, 4) is 5.75 Å². The third-order valence-electron chi connectivity index (χ3n) is 4.16. The van der Waals surface area contributed by atoms with Gasteiger partial charge in [-0.25, -0.2) is 0 Å². The molecule has 1 aromatic carbocycles. The zero-order valence-corrected chi connectivity index (χ0v) is 13.2. The highest BCUT2D eigenvalue weighted by molar-refractivity contribution is 5.43. The van der Waals surface area contributed by atoms with Crippen LogP contribution in [0.3, 0.4) is 0 Å². The van der Waals surface area contributed by atoms with E-state index in [-0.39, 0.29) is 6.04 Å². The smallest absolute Gasteiger partial charge is 0.119 e. The van der Waals surface area contributed by atoms with Crippen molar-refractivity contribution in [3.63, 3.8) is 0 Å².